The standard InChI is InChI=1S/C39H23N/c1-40-34-11-3-10-28(23-34)26-8-2-9-27(20-26)29-14-15-31-22-32(17-16-30(31)21-29)33-18-19-35-36-12-4-6-25-7-5-13-37(39(25)36)38(35)24-33/h2-24H. The molecular formula is C39H23N. The van der Waals surface area contributed by atoms with E-state index >= 15 is 0 Å². The predicted molar refractivity (Wildman–Crippen MR) is 168 cm³/mol. The van der Waals surface area contributed by atoms with Crippen LogP contribution in [0.2, 0.25) is 0 Å². The minimum absolute atomic E-state index is 0.661. The third kappa shape index (κ3) is 3.55. The van der Waals surface area contributed by atoms with E-state index in [2.05, 4.69) is 126 Å². The van der Waals surface area contributed by atoms with Crippen LogP contribution >= 0.6 is 0 Å². The van der Waals surface area contributed by atoms with Crippen LogP contribution in [0.1, 0.15) is 0 Å². The second-order valence-corrected chi connectivity index (χ2v) is 10.5. The number of hydrogen-bond acceptors (Lipinski definition) is 0. The highest BCUT2D eigenvalue weighted by Crippen LogP contribution is 2.48. The summed E-state index contributed by atoms with van der Waals surface area (Å²) in [5.41, 5.74) is 13.0. The van der Waals surface area contributed by atoms with Gasteiger partial charge in [-0.15, -0.1) is 0 Å². The molecule has 0 spiro atoms. The summed E-state index contributed by atoms with van der Waals surface area (Å²) in [6, 6.07) is 50.0. The fraction of sp³-hybridized carbons (Fsp3) is 0. The SMILES string of the molecule is [C-]#[N+]c1cccc(-c2cccc(-c3ccc4cc(-c5ccc6c(c5)-c5cccc7cccc-6c57)ccc4c3)c2)c1. The second-order valence-electron chi connectivity index (χ2n) is 10.5. The lowest BCUT2D eigenvalue weighted by Gasteiger charge is -2.10. The molecule has 0 saturated carbocycles. The first-order valence-electron chi connectivity index (χ1n) is 13.5. The van der Waals surface area contributed by atoms with Gasteiger partial charge >= 0.3 is 0 Å². The Labute approximate surface area is 233 Å². The summed E-state index contributed by atoms with van der Waals surface area (Å²) in [5.74, 6) is 0. The Bertz CT molecular complexity index is 2170. The van der Waals surface area contributed by atoms with Crippen molar-refractivity contribution in [2.24, 2.45) is 0 Å². The highest BCUT2D eigenvalue weighted by Gasteiger charge is 2.21. The largest absolute Gasteiger partial charge is 0.238 e. The first-order chi connectivity index (χ1) is 19.7. The maximum absolute atomic E-state index is 7.33. The molecule has 0 N–H and O–H groups in total. The molecule has 184 valence electrons. The molecule has 0 fully saturated rings. The number of nitrogens with zero attached hydrogens (tertiary/aromatic N) is 1. The van der Waals surface area contributed by atoms with Crippen LogP contribution in [0.15, 0.2) is 140 Å². The molecule has 0 bridgehead atoms. The Morgan fingerprint density at radius 3 is 1.55 bits per heavy atom. The Morgan fingerprint density at radius 1 is 0.350 bits per heavy atom. The van der Waals surface area contributed by atoms with Gasteiger partial charge in [-0.2, -0.15) is 0 Å². The van der Waals surface area contributed by atoms with Gasteiger partial charge in [-0.3, -0.25) is 0 Å². The molecule has 1 aliphatic carbocycles. The van der Waals surface area contributed by atoms with E-state index in [9.17, 15) is 0 Å². The summed E-state index contributed by atoms with van der Waals surface area (Å²) in [6.07, 6.45) is 0. The lowest BCUT2D eigenvalue weighted by Crippen LogP contribution is -1.84. The van der Waals surface area contributed by atoms with E-state index < -0.39 is 0 Å². The predicted octanol–water partition coefficient (Wildman–Crippen LogP) is 11.2. The van der Waals surface area contributed by atoms with Gasteiger partial charge < -0.3 is 0 Å². The van der Waals surface area contributed by atoms with Crippen LogP contribution in [0.3, 0.4) is 0 Å². The van der Waals surface area contributed by atoms with Crippen LogP contribution in [0, 0.1) is 6.57 Å². The van der Waals surface area contributed by atoms with Crippen molar-refractivity contribution in [3.8, 4) is 55.6 Å². The number of fused-ring (bicyclic) bond motifs is 4. The normalized spacial score (nSPS) is 11.5. The first-order valence-corrected chi connectivity index (χ1v) is 13.5. The third-order valence-corrected chi connectivity index (χ3v) is 8.18. The number of hydrogen-bond donors (Lipinski definition) is 0. The van der Waals surface area contributed by atoms with E-state index in [4.69, 9.17) is 6.57 Å². The van der Waals surface area contributed by atoms with E-state index in [-0.39, 0.29) is 0 Å². The van der Waals surface area contributed by atoms with Crippen molar-refractivity contribution in [1.29, 1.82) is 0 Å². The zero-order valence-electron chi connectivity index (χ0n) is 21.7. The van der Waals surface area contributed by atoms with Gasteiger partial charge in [0.1, 0.15) is 0 Å². The fourth-order valence-corrected chi connectivity index (χ4v) is 6.21. The number of rotatable bonds is 3. The van der Waals surface area contributed by atoms with Gasteiger partial charge in [-0.25, -0.2) is 4.85 Å². The summed E-state index contributed by atoms with van der Waals surface area (Å²) in [7, 11) is 0. The average Bonchev–Trinajstić information content (AvgIpc) is 3.35. The lowest BCUT2D eigenvalue weighted by atomic mass is 9.94. The molecule has 0 aromatic heterocycles. The molecule has 0 heterocycles. The molecule has 1 heteroatoms. The molecule has 0 saturated heterocycles. The fourth-order valence-electron chi connectivity index (χ4n) is 6.21. The van der Waals surface area contributed by atoms with Gasteiger partial charge in [0, 0.05) is 0 Å². The van der Waals surface area contributed by atoms with Gasteiger partial charge in [0.05, 0.1) is 6.57 Å². The monoisotopic (exact) mass is 505 g/mol. The van der Waals surface area contributed by atoms with Crippen molar-refractivity contribution in [1.82, 2.24) is 0 Å². The van der Waals surface area contributed by atoms with Crippen molar-refractivity contribution in [3.63, 3.8) is 0 Å². The smallest absolute Gasteiger partial charge is 0.187 e. The van der Waals surface area contributed by atoms with Crippen molar-refractivity contribution >= 4 is 27.2 Å². The summed E-state index contributed by atoms with van der Waals surface area (Å²) in [4.78, 5) is 3.59. The van der Waals surface area contributed by atoms with E-state index in [1.54, 1.807) is 0 Å². The van der Waals surface area contributed by atoms with Crippen LogP contribution in [0.5, 0.6) is 0 Å². The lowest BCUT2D eigenvalue weighted by molar-refractivity contribution is 1.60. The summed E-state index contributed by atoms with van der Waals surface area (Å²) in [6.45, 7) is 7.33. The molecule has 0 amide bonds. The maximum Gasteiger partial charge on any atom is 0.187 e. The molecule has 0 aliphatic heterocycles. The van der Waals surface area contributed by atoms with Gasteiger partial charge in [-0.05, 0) is 108 Å². The molecule has 0 radical (unpaired) electrons. The van der Waals surface area contributed by atoms with Gasteiger partial charge in [-0.1, -0.05) is 109 Å². The molecule has 7 aromatic carbocycles. The molecular weight excluding hydrogens is 482 g/mol. The Hall–Kier alpha value is -5.45. The molecule has 7 aromatic rings. The van der Waals surface area contributed by atoms with E-state index in [0.717, 1.165) is 11.1 Å². The highest BCUT2D eigenvalue weighted by molar-refractivity contribution is 6.15. The molecule has 8 rings (SSSR count). The zero-order valence-corrected chi connectivity index (χ0v) is 21.7. The Kier molecular flexibility index (Phi) is 4.96. The third-order valence-electron chi connectivity index (χ3n) is 8.18. The Balaban J connectivity index is 1.15. The van der Waals surface area contributed by atoms with E-state index in [1.807, 2.05) is 18.2 Å². The van der Waals surface area contributed by atoms with Crippen molar-refractivity contribution in [3.05, 3.63) is 151 Å². The summed E-state index contributed by atoms with van der Waals surface area (Å²) >= 11 is 0. The van der Waals surface area contributed by atoms with Crippen LogP contribution in [-0.4, -0.2) is 0 Å². The minimum atomic E-state index is 0.661. The molecule has 40 heavy (non-hydrogen) atoms. The van der Waals surface area contributed by atoms with Crippen LogP contribution in [0.4, 0.5) is 5.69 Å². The topological polar surface area (TPSA) is 4.36 Å². The summed E-state index contributed by atoms with van der Waals surface area (Å²) < 4.78 is 0. The second kappa shape index (κ2) is 8.80. The van der Waals surface area contributed by atoms with E-state index in [0.29, 0.717) is 5.69 Å². The van der Waals surface area contributed by atoms with Crippen LogP contribution in [-0.2, 0) is 0 Å². The molecule has 1 aliphatic rings. The van der Waals surface area contributed by atoms with Crippen molar-refractivity contribution < 1.29 is 0 Å². The van der Waals surface area contributed by atoms with Crippen LogP contribution in [0.25, 0.3) is 82.0 Å². The highest BCUT2D eigenvalue weighted by atomic mass is 14.6. The van der Waals surface area contributed by atoms with Crippen molar-refractivity contribution in [2.45, 2.75) is 0 Å². The van der Waals surface area contributed by atoms with Crippen molar-refractivity contribution in [2.75, 3.05) is 0 Å². The summed E-state index contributed by atoms with van der Waals surface area (Å²) in [5, 5.41) is 5.12. The quantitative estimate of drug-likeness (QED) is 0.210. The zero-order chi connectivity index (χ0) is 26.6. The molecule has 1 nitrogen and oxygen atoms in total. The first kappa shape index (κ1) is 22.5. The van der Waals surface area contributed by atoms with Gasteiger partial charge in [0.2, 0.25) is 0 Å². The number of benzene rings is 7. The molecule has 0 unspecified atom stereocenters. The minimum Gasteiger partial charge on any atom is -0.238 e. The maximum atomic E-state index is 7.33. The van der Waals surface area contributed by atoms with Gasteiger partial charge in [0.15, 0.2) is 5.69 Å². The van der Waals surface area contributed by atoms with Gasteiger partial charge in [0.25, 0.3) is 0 Å². The van der Waals surface area contributed by atoms with E-state index in [1.165, 1.54) is 66.1 Å². The Morgan fingerprint density at radius 2 is 0.875 bits per heavy atom. The molecule has 0 atom stereocenters. The average molecular weight is 506 g/mol. The van der Waals surface area contributed by atoms with Crippen LogP contribution < -0.4 is 0 Å².